The lowest BCUT2D eigenvalue weighted by atomic mass is 9.94. The molecule has 3 heteroatoms. The standard InChI is InChI=1S/C14H22N2S/c1-11-9-16(8-7-14(11)15)10-12-3-5-13(17-2)6-4-12/h3-6,11,14H,7-10,15H2,1-2H3. The zero-order valence-electron chi connectivity index (χ0n) is 10.7. The Hall–Kier alpha value is -0.510. The average molecular weight is 250 g/mol. The van der Waals surface area contributed by atoms with E-state index < -0.39 is 0 Å². The number of nitrogens with zero attached hydrogens (tertiary/aromatic N) is 1. The van der Waals surface area contributed by atoms with Crippen molar-refractivity contribution in [2.75, 3.05) is 19.3 Å². The Kier molecular flexibility index (Phi) is 4.48. The number of hydrogen-bond donors (Lipinski definition) is 1. The minimum Gasteiger partial charge on any atom is -0.327 e. The molecule has 0 spiro atoms. The Morgan fingerprint density at radius 3 is 2.65 bits per heavy atom. The maximum atomic E-state index is 6.04. The van der Waals surface area contributed by atoms with Gasteiger partial charge in [-0.2, -0.15) is 0 Å². The van der Waals surface area contributed by atoms with Crippen molar-refractivity contribution < 1.29 is 0 Å². The quantitative estimate of drug-likeness (QED) is 0.836. The minimum atomic E-state index is 0.394. The second kappa shape index (κ2) is 5.89. The first-order valence-electron chi connectivity index (χ1n) is 6.30. The largest absolute Gasteiger partial charge is 0.327 e. The molecule has 1 aliphatic heterocycles. The lowest BCUT2D eigenvalue weighted by Crippen LogP contribution is -2.45. The van der Waals surface area contributed by atoms with Crippen LogP contribution in [0.1, 0.15) is 18.9 Å². The molecule has 1 fully saturated rings. The molecule has 0 aliphatic carbocycles. The molecule has 2 N–H and O–H groups in total. The summed E-state index contributed by atoms with van der Waals surface area (Å²) >= 11 is 1.79. The van der Waals surface area contributed by atoms with E-state index in [4.69, 9.17) is 5.73 Å². The van der Waals surface area contributed by atoms with Crippen LogP contribution in [0, 0.1) is 5.92 Å². The highest BCUT2D eigenvalue weighted by Crippen LogP contribution is 2.19. The lowest BCUT2D eigenvalue weighted by Gasteiger charge is -2.35. The van der Waals surface area contributed by atoms with Crippen LogP contribution in [0.5, 0.6) is 0 Å². The minimum absolute atomic E-state index is 0.394. The molecule has 2 atom stereocenters. The van der Waals surface area contributed by atoms with Crippen molar-refractivity contribution in [1.82, 2.24) is 4.90 Å². The summed E-state index contributed by atoms with van der Waals surface area (Å²) in [5, 5.41) is 0. The van der Waals surface area contributed by atoms with Gasteiger partial charge in [-0.05, 0) is 42.8 Å². The summed E-state index contributed by atoms with van der Waals surface area (Å²) in [7, 11) is 0. The molecule has 0 saturated carbocycles. The second-order valence-corrected chi connectivity index (χ2v) is 5.89. The van der Waals surface area contributed by atoms with Crippen LogP contribution in [0.2, 0.25) is 0 Å². The Labute approximate surface area is 109 Å². The number of likely N-dealkylation sites (tertiary alicyclic amines) is 1. The summed E-state index contributed by atoms with van der Waals surface area (Å²) in [6, 6.07) is 9.29. The Morgan fingerprint density at radius 1 is 1.35 bits per heavy atom. The molecule has 94 valence electrons. The molecule has 1 aliphatic rings. The number of hydrogen-bond acceptors (Lipinski definition) is 3. The van der Waals surface area contributed by atoms with Gasteiger partial charge in [-0.3, -0.25) is 4.90 Å². The molecule has 0 radical (unpaired) electrons. The zero-order chi connectivity index (χ0) is 12.3. The van der Waals surface area contributed by atoms with Gasteiger partial charge in [0.1, 0.15) is 0 Å². The van der Waals surface area contributed by atoms with Gasteiger partial charge in [0.25, 0.3) is 0 Å². The number of nitrogens with two attached hydrogens (primary N) is 1. The van der Waals surface area contributed by atoms with E-state index in [2.05, 4.69) is 42.3 Å². The Balaban J connectivity index is 1.92. The molecule has 17 heavy (non-hydrogen) atoms. The van der Waals surface area contributed by atoms with Gasteiger partial charge in [-0.15, -0.1) is 11.8 Å². The van der Waals surface area contributed by atoms with Crippen LogP contribution >= 0.6 is 11.8 Å². The summed E-state index contributed by atoms with van der Waals surface area (Å²) < 4.78 is 0. The third kappa shape index (κ3) is 3.47. The molecular formula is C14H22N2S. The number of benzene rings is 1. The van der Waals surface area contributed by atoms with Gasteiger partial charge in [0.05, 0.1) is 0 Å². The molecule has 1 saturated heterocycles. The average Bonchev–Trinajstić information content (AvgIpc) is 2.35. The fourth-order valence-corrected chi connectivity index (χ4v) is 2.79. The van der Waals surface area contributed by atoms with E-state index in [1.165, 1.54) is 10.5 Å². The van der Waals surface area contributed by atoms with E-state index in [-0.39, 0.29) is 0 Å². The first-order valence-corrected chi connectivity index (χ1v) is 7.52. The van der Waals surface area contributed by atoms with Gasteiger partial charge < -0.3 is 5.73 Å². The van der Waals surface area contributed by atoms with Crippen molar-refractivity contribution in [2.24, 2.45) is 11.7 Å². The number of rotatable bonds is 3. The highest BCUT2D eigenvalue weighted by molar-refractivity contribution is 7.98. The zero-order valence-corrected chi connectivity index (χ0v) is 11.5. The fourth-order valence-electron chi connectivity index (χ4n) is 2.38. The van der Waals surface area contributed by atoms with Crippen molar-refractivity contribution in [3.63, 3.8) is 0 Å². The van der Waals surface area contributed by atoms with Crippen LogP contribution in [0.4, 0.5) is 0 Å². The Bertz CT molecular complexity index is 350. The van der Waals surface area contributed by atoms with E-state index >= 15 is 0 Å². The smallest absolute Gasteiger partial charge is 0.0233 e. The van der Waals surface area contributed by atoms with Gasteiger partial charge in [-0.25, -0.2) is 0 Å². The second-order valence-electron chi connectivity index (χ2n) is 5.01. The maximum absolute atomic E-state index is 6.04. The third-order valence-electron chi connectivity index (χ3n) is 3.62. The van der Waals surface area contributed by atoms with Crippen molar-refractivity contribution in [2.45, 2.75) is 30.8 Å². The maximum Gasteiger partial charge on any atom is 0.0233 e. The molecule has 1 aromatic carbocycles. The van der Waals surface area contributed by atoms with E-state index in [1.54, 1.807) is 11.8 Å². The summed E-state index contributed by atoms with van der Waals surface area (Å²) in [6.45, 7) is 5.58. The number of piperidine rings is 1. The van der Waals surface area contributed by atoms with Crippen molar-refractivity contribution in [3.05, 3.63) is 29.8 Å². The molecule has 1 aromatic rings. The molecule has 2 nitrogen and oxygen atoms in total. The van der Waals surface area contributed by atoms with Gasteiger partial charge >= 0.3 is 0 Å². The van der Waals surface area contributed by atoms with Gasteiger partial charge in [0.2, 0.25) is 0 Å². The molecule has 2 unspecified atom stereocenters. The van der Waals surface area contributed by atoms with E-state index in [9.17, 15) is 0 Å². The van der Waals surface area contributed by atoms with Gasteiger partial charge in [0, 0.05) is 24.0 Å². The molecule has 0 amide bonds. The van der Waals surface area contributed by atoms with E-state index in [1.807, 2.05) is 0 Å². The molecule has 0 aromatic heterocycles. The SMILES string of the molecule is CSc1ccc(CN2CCC(N)C(C)C2)cc1. The van der Waals surface area contributed by atoms with Crippen LogP contribution in [0.15, 0.2) is 29.2 Å². The monoisotopic (exact) mass is 250 g/mol. The van der Waals surface area contributed by atoms with Crippen molar-refractivity contribution in [3.8, 4) is 0 Å². The highest BCUT2D eigenvalue weighted by atomic mass is 32.2. The fraction of sp³-hybridized carbons (Fsp3) is 0.571. The first kappa shape index (κ1) is 12.9. The predicted octanol–water partition coefficient (Wildman–Crippen LogP) is 2.58. The molecule has 0 bridgehead atoms. The lowest BCUT2D eigenvalue weighted by molar-refractivity contribution is 0.158. The van der Waals surface area contributed by atoms with Gasteiger partial charge in [-0.1, -0.05) is 19.1 Å². The molecular weight excluding hydrogens is 228 g/mol. The summed E-state index contributed by atoms with van der Waals surface area (Å²) in [4.78, 5) is 3.85. The third-order valence-corrected chi connectivity index (χ3v) is 4.36. The van der Waals surface area contributed by atoms with Crippen LogP contribution in [0.25, 0.3) is 0 Å². The summed E-state index contributed by atoms with van der Waals surface area (Å²) in [5.41, 5.74) is 7.45. The topological polar surface area (TPSA) is 29.3 Å². The van der Waals surface area contributed by atoms with Crippen LogP contribution in [-0.2, 0) is 6.54 Å². The summed E-state index contributed by atoms with van der Waals surface area (Å²) in [5.74, 6) is 0.620. The summed E-state index contributed by atoms with van der Waals surface area (Å²) in [6.07, 6.45) is 3.24. The molecule has 1 heterocycles. The predicted molar refractivity (Wildman–Crippen MR) is 75.3 cm³/mol. The van der Waals surface area contributed by atoms with Crippen molar-refractivity contribution in [1.29, 1.82) is 0 Å². The van der Waals surface area contributed by atoms with Crippen LogP contribution < -0.4 is 5.73 Å². The highest BCUT2D eigenvalue weighted by Gasteiger charge is 2.22. The first-order chi connectivity index (χ1) is 8.19. The van der Waals surface area contributed by atoms with E-state index in [0.717, 1.165) is 26.1 Å². The van der Waals surface area contributed by atoms with Crippen LogP contribution in [0.3, 0.4) is 0 Å². The van der Waals surface area contributed by atoms with E-state index in [0.29, 0.717) is 12.0 Å². The van der Waals surface area contributed by atoms with Gasteiger partial charge in [0.15, 0.2) is 0 Å². The Morgan fingerprint density at radius 2 is 2.06 bits per heavy atom. The van der Waals surface area contributed by atoms with Crippen LogP contribution in [-0.4, -0.2) is 30.3 Å². The number of thioether (sulfide) groups is 1. The van der Waals surface area contributed by atoms with Crippen molar-refractivity contribution >= 4 is 11.8 Å². The normalized spacial score (nSPS) is 26.1. The molecule has 2 rings (SSSR count).